The molecule has 0 heterocycles. The molecule has 1 atom stereocenters. The maximum absolute atomic E-state index is 10.5. The van der Waals surface area contributed by atoms with E-state index >= 15 is 0 Å². The van der Waals surface area contributed by atoms with E-state index in [-0.39, 0.29) is 0 Å². The predicted molar refractivity (Wildman–Crippen MR) is 41.3 cm³/mol. The summed E-state index contributed by atoms with van der Waals surface area (Å²) in [7, 11) is 0. The average Bonchev–Trinajstić information content (AvgIpc) is 2.05. The molecule has 1 unspecified atom stereocenters. The lowest BCUT2D eigenvalue weighted by Crippen LogP contribution is -2.06. The molecule has 0 aromatic heterocycles. The van der Waals surface area contributed by atoms with E-state index in [9.17, 15) is 4.79 Å². The van der Waals surface area contributed by atoms with Crippen molar-refractivity contribution < 1.29 is 9.90 Å². The third-order valence-electron chi connectivity index (χ3n) is 1.61. The van der Waals surface area contributed by atoms with Crippen molar-refractivity contribution in [1.82, 2.24) is 0 Å². The summed E-state index contributed by atoms with van der Waals surface area (Å²) in [4.78, 5) is 10.5. The van der Waals surface area contributed by atoms with Gasteiger partial charge in [-0.1, -0.05) is 24.3 Å². The molecule has 0 fully saturated rings. The summed E-state index contributed by atoms with van der Waals surface area (Å²) in [6.07, 6.45) is 0. The van der Waals surface area contributed by atoms with Gasteiger partial charge >= 0.3 is 5.97 Å². The summed E-state index contributed by atoms with van der Waals surface area (Å²) in [6, 6.07) is 9.79. The number of hydrogen-bond donors (Lipinski definition) is 1. The van der Waals surface area contributed by atoms with Crippen LogP contribution in [0.3, 0.4) is 0 Å². The highest BCUT2D eigenvalue weighted by molar-refractivity contribution is 5.75. The molecule has 11 heavy (non-hydrogen) atoms. The van der Waals surface area contributed by atoms with E-state index in [0.29, 0.717) is 0 Å². The van der Waals surface area contributed by atoms with Crippen LogP contribution in [0.15, 0.2) is 24.3 Å². The van der Waals surface area contributed by atoms with Crippen LogP contribution in [0.2, 0.25) is 0 Å². The third kappa shape index (κ3) is 1.80. The van der Waals surface area contributed by atoms with Crippen LogP contribution in [0.4, 0.5) is 0 Å². The number of rotatable bonds is 2. The van der Waals surface area contributed by atoms with Crippen LogP contribution in [0, 0.1) is 6.07 Å². The minimum atomic E-state index is -0.795. The number of aliphatic carboxylic acids is 1. The summed E-state index contributed by atoms with van der Waals surface area (Å²) < 4.78 is 0. The van der Waals surface area contributed by atoms with Crippen LogP contribution in [-0.2, 0) is 4.79 Å². The minimum Gasteiger partial charge on any atom is -0.481 e. The van der Waals surface area contributed by atoms with Crippen molar-refractivity contribution in [1.29, 1.82) is 0 Å². The number of hydrogen-bond acceptors (Lipinski definition) is 1. The lowest BCUT2D eigenvalue weighted by molar-refractivity contribution is -0.138. The third-order valence-corrected chi connectivity index (χ3v) is 1.61. The van der Waals surface area contributed by atoms with Crippen LogP contribution in [0.25, 0.3) is 0 Å². The van der Waals surface area contributed by atoms with E-state index < -0.39 is 11.9 Å². The summed E-state index contributed by atoms with van der Waals surface area (Å²) in [5.74, 6) is -1.22. The van der Waals surface area contributed by atoms with Crippen LogP contribution in [0.1, 0.15) is 18.4 Å². The molecule has 1 rings (SSSR count). The first-order chi connectivity index (χ1) is 5.22. The molecule has 0 amide bonds. The lowest BCUT2D eigenvalue weighted by Gasteiger charge is -2.04. The fourth-order valence-corrected chi connectivity index (χ4v) is 0.831. The van der Waals surface area contributed by atoms with Gasteiger partial charge in [-0.3, -0.25) is 4.79 Å². The molecule has 1 radical (unpaired) electrons. The van der Waals surface area contributed by atoms with Gasteiger partial charge in [0, 0.05) is 0 Å². The number of carboxylic acids is 1. The van der Waals surface area contributed by atoms with E-state index in [2.05, 4.69) is 6.07 Å². The highest BCUT2D eigenvalue weighted by Crippen LogP contribution is 2.13. The van der Waals surface area contributed by atoms with Crippen LogP contribution in [0.5, 0.6) is 0 Å². The molecular formula is C9H9O2. The maximum Gasteiger partial charge on any atom is 0.310 e. The Kier molecular flexibility index (Phi) is 2.26. The van der Waals surface area contributed by atoms with Crippen LogP contribution < -0.4 is 0 Å². The van der Waals surface area contributed by atoms with Gasteiger partial charge in [0.1, 0.15) is 0 Å². The molecule has 2 nitrogen and oxygen atoms in total. The van der Waals surface area contributed by atoms with Crippen LogP contribution in [-0.4, -0.2) is 11.1 Å². The molecule has 57 valence electrons. The second kappa shape index (κ2) is 3.19. The quantitative estimate of drug-likeness (QED) is 0.694. The van der Waals surface area contributed by atoms with E-state index in [1.54, 1.807) is 31.2 Å². The first kappa shape index (κ1) is 7.79. The molecule has 0 aliphatic rings. The molecule has 2 heteroatoms. The molecule has 0 saturated heterocycles. The van der Waals surface area contributed by atoms with Crippen molar-refractivity contribution in [3.63, 3.8) is 0 Å². The Balaban J connectivity index is 2.85. The van der Waals surface area contributed by atoms with Crippen LogP contribution >= 0.6 is 0 Å². The minimum absolute atomic E-state index is 0.426. The monoisotopic (exact) mass is 149 g/mol. The van der Waals surface area contributed by atoms with E-state index in [1.807, 2.05) is 0 Å². The fourth-order valence-electron chi connectivity index (χ4n) is 0.831. The van der Waals surface area contributed by atoms with Crippen molar-refractivity contribution in [2.75, 3.05) is 0 Å². The topological polar surface area (TPSA) is 37.3 Å². The van der Waals surface area contributed by atoms with Gasteiger partial charge < -0.3 is 5.11 Å². The van der Waals surface area contributed by atoms with Gasteiger partial charge in [0.25, 0.3) is 0 Å². The zero-order chi connectivity index (χ0) is 8.27. The number of benzene rings is 1. The standard InChI is InChI=1S/C9H9O2/c1-7(9(10)11)8-5-3-2-4-6-8/h3-7H,1H3,(H,10,11). The Bertz CT molecular complexity index is 241. The van der Waals surface area contributed by atoms with E-state index in [1.165, 1.54) is 0 Å². The second-order valence-electron chi connectivity index (χ2n) is 2.39. The van der Waals surface area contributed by atoms with Gasteiger partial charge in [-0.25, -0.2) is 0 Å². The smallest absolute Gasteiger partial charge is 0.310 e. The molecule has 0 bridgehead atoms. The van der Waals surface area contributed by atoms with Gasteiger partial charge in [0.05, 0.1) is 5.92 Å². The Hall–Kier alpha value is -1.31. The molecule has 0 aliphatic carbocycles. The van der Waals surface area contributed by atoms with Gasteiger partial charge in [-0.2, -0.15) is 0 Å². The number of carbonyl (C=O) groups is 1. The lowest BCUT2D eigenvalue weighted by atomic mass is 10.0. The molecule has 0 spiro atoms. The molecule has 1 N–H and O–H groups in total. The van der Waals surface area contributed by atoms with Crippen molar-refractivity contribution >= 4 is 5.97 Å². The highest BCUT2D eigenvalue weighted by atomic mass is 16.4. The average molecular weight is 149 g/mol. The predicted octanol–water partition coefficient (Wildman–Crippen LogP) is 1.67. The summed E-state index contributed by atoms with van der Waals surface area (Å²) >= 11 is 0. The Morgan fingerprint density at radius 2 is 2.09 bits per heavy atom. The Labute approximate surface area is 65.5 Å². The summed E-state index contributed by atoms with van der Waals surface area (Å²) in [5.41, 5.74) is 0.816. The maximum atomic E-state index is 10.5. The summed E-state index contributed by atoms with van der Waals surface area (Å²) in [5, 5.41) is 8.63. The van der Waals surface area contributed by atoms with Crippen molar-refractivity contribution in [2.45, 2.75) is 12.8 Å². The van der Waals surface area contributed by atoms with E-state index in [0.717, 1.165) is 5.56 Å². The SMILES string of the molecule is CC(C(=O)O)c1cc[c]cc1. The molecule has 1 aromatic carbocycles. The van der Waals surface area contributed by atoms with E-state index in [4.69, 9.17) is 5.11 Å². The molecule has 1 aromatic rings. The number of carboxylic acid groups (broad SMARTS) is 1. The fraction of sp³-hybridized carbons (Fsp3) is 0.222. The van der Waals surface area contributed by atoms with Crippen molar-refractivity contribution in [3.8, 4) is 0 Å². The first-order valence-electron chi connectivity index (χ1n) is 3.40. The molecular weight excluding hydrogens is 140 g/mol. The zero-order valence-corrected chi connectivity index (χ0v) is 6.24. The van der Waals surface area contributed by atoms with Gasteiger partial charge in [0.2, 0.25) is 0 Å². The zero-order valence-electron chi connectivity index (χ0n) is 6.24. The largest absolute Gasteiger partial charge is 0.481 e. The van der Waals surface area contributed by atoms with Gasteiger partial charge in [-0.05, 0) is 18.6 Å². The Morgan fingerprint density at radius 1 is 1.55 bits per heavy atom. The van der Waals surface area contributed by atoms with Gasteiger partial charge in [-0.15, -0.1) is 0 Å². The Morgan fingerprint density at radius 3 is 2.55 bits per heavy atom. The second-order valence-corrected chi connectivity index (χ2v) is 2.39. The van der Waals surface area contributed by atoms with Crippen molar-refractivity contribution in [3.05, 3.63) is 35.9 Å². The molecule has 0 aliphatic heterocycles. The normalized spacial score (nSPS) is 12.5. The van der Waals surface area contributed by atoms with Crippen molar-refractivity contribution in [2.24, 2.45) is 0 Å². The summed E-state index contributed by atoms with van der Waals surface area (Å²) in [6.45, 7) is 1.66. The molecule has 0 saturated carbocycles. The first-order valence-corrected chi connectivity index (χ1v) is 3.40. The van der Waals surface area contributed by atoms with Gasteiger partial charge in [0.15, 0.2) is 0 Å². The highest BCUT2D eigenvalue weighted by Gasteiger charge is 2.11.